The minimum atomic E-state index is -0.556. The molecule has 0 amide bonds. The summed E-state index contributed by atoms with van der Waals surface area (Å²) in [5.41, 5.74) is -0.0391. The predicted molar refractivity (Wildman–Crippen MR) is 46.9 cm³/mol. The first-order chi connectivity index (χ1) is 5.71. The van der Waals surface area contributed by atoms with Crippen LogP contribution >= 0.6 is 0 Å². The van der Waals surface area contributed by atoms with Crippen LogP contribution < -0.4 is 10.6 Å². The van der Waals surface area contributed by atoms with E-state index in [1.54, 1.807) is 0 Å². The van der Waals surface area contributed by atoms with Crippen molar-refractivity contribution in [3.8, 4) is 0 Å². The summed E-state index contributed by atoms with van der Waals surface area (Å²) in [4.78, 5) is 0. The fraction of sp³-hybridized carbons (Fsp3) is 1.00. The zero-order valence-electron chi connectivity index (χ0n) is 7.57. The molecule has 2 fully saturated rings. The summed E-state index contributed by atoms with van der Waals surface area (Å²) >= 11 is 0. The molecule has 12 heavy (non-hydrogen) atoms. The lowest BCUT2D eigenvalue weighted by molar-refractivity contribution is 0.351. The van der Waals surface area contributed by atoms with E-state index in [2.05, 4.69) is 10.6 Å². The van der Waals surface area contributed by atoms with Gasteiger partial charge in [0, 0.05) is 24.5 Å². The van der Waals surface area contributed by atoms with Gasteiger partial charge in [0.15, 0.2) is 0 Å². The molecule has 0 spiro atoms. The third-order valence-corrected chi connectivity index (χ3v) is 3.10. The van der Waals surface area contributed by atoms with E-state index in [4.69, 9.17) is 0 Å². The molecule has 0 radical (unpaired) electrons. The fourth-order valence-electron chi connectivity index (χ4n) is 1.74. The highest BCUT2D eigenvalue weighted by Gasteiger charge is 2.50. The van der Waals surface area contributed by atoms with Crippen molar-refractivity contribution in [1.82, 2.24) is 10.6 Å². The van der Waals surface area contributed by atoms with Crippen molar-refractivity contribution in [2.24, 2.45) is 5.41 Å². The van der Waals surface area contributed by atoms with Crippen LogP contribution in [0, 0.1) is 5.41 Å². The van der Waals surface area contributed by atoms with Crippen LogP contribution in [-0.4, -0.2) is 31.8 Å². The molecule has 2 rings (SSSR count). The van der Waals surface area contributed by atoms with E-state index >= 15 is 0 Å². The second kappa shape index (κ2) is 2.96. The van der Waals surface area contributed by atoms with Crippen molar-refractivity contribution in [3.05, 3.63) is 0 Å². The minimum Gasteiger partial charge on any atom is -0.315 e. The molecular formula is C9H17FN2. The van der Waals surface area contributed by atoms with Gasteiger partial charge in [-0.2, -0.15) is 0 Å². The number of halogens is 1. The van der Waals surface area contributed by atoms with Crippen molar-refractivity contribution >= 4 is 0 Å². The quantitative estimate of drug-likeness (QED) is 0.654. The van der Waals surface area contributed by atoms with Gasteiger partial charge in [0.05, 0.1) is 0 Å². The molecular weight excluding hydrogens is 155 g/mol. The monoisotopic (exact) mass is 172 g/mol. The van der Waals surface area contributed by atoms with Crippen LogP contribution in [-0.2, 0) is 0 Å². The molecule has 1 heterocycles. The van der Waals surface area contributed by atoms with Crippen LogP contribution in [0.25, 0.3) is 0 Å². The summed E-state index contributed by atoms with van der Waals surface area (Å²) in [5.74, 6) is 0. The van der Waals surface area contributed by atoms with Gasteiger partial charge in [-0.05, 0) is 19.4 Å². The van der Waals surface area contributed by atoms with Crippen LogP contribution in [0.15, 0.2) is 0 Å². The minimum absolute atomic E-state index is 0.0391. The molecule has 2 aliphatic rings. The summed E-state index contributed by atoms with van der Waals surface area (Å²) < 4.78 is 12.8. The molecule has 0 aromatic heterocycles. The average Bonchev–Trinajstić information content (AvgIpc) is 2.57. The van der Waals surface area contributed by atoms with Crippen molar-refractivity contribution in [2.75, 3.05) is 19.6 Å². The maximum absolute atomic E-state index is 12.8. The topological polar surface area (TPSA) is 24.1 Å². The second-order valence-electron chi connectivity index (χ2n) is 4.40. The summed E-state index contributed by atoms with van der Waals surface area (Å²) in [6.45, 7) is 5.02. The number of rotatable bonds is 3. The summed E-state index contributed by atoms with van der Waals surface area (Å²) in [7, 11) is 0. The van der Waals surface area contributed by atoms with Gasteiger partial charge in [-0.15, -0.1) is 0 Å². The van der Waals surface area contributed by atoms with Crippen molar-refractivity contribution in [2.45, 2.75) is 32.0 Å². The van der Waals surface area contributed by atoms with Crippen molar-refractivity contribution < 1.29 is 4.39 Å². The van der Waals surface area contributed by atoms with Gasteiger partial charge in [-0.1, -0.05) is 6.92 Å². The Kier molecular flexibility index (Phi) is 2.09. The Morgan fingerprint density at radius 2 is 2.42 bits per heavy atom. The van der Waals surface area contributed by atoms with Crippen LogP contribution in [0.2, 0.25) is 0 Å². The van der Waals surface area contributed by atoms with Crippen molar-refractivity contribution in [3.63, 3.8) is 0 Å². The highest BCUT2D eigenvalue weighted by molar-refractivity contribution is 5.01. The van der Waals surface area contributed by atoms with E-state index in [1.165, 1.54) is 6.42 Å². The van der Waals surface area contributed by atoms with Crippen molar-refractivity contribution in [1.29, 1.82) is 0 Å². The molecule has 1 saturated carbocycles. The Morgan fingerprint density at radius 1 is 1.67 bits per heavy atom. The molecule has 0 aromatic rings. The molecule has 70 valence electrons. The van der Waals surface area contributed by atoms with E-state index in [0.29, 0.717) is 6.04 Å². The smallest absolute Gasteiger partial charge is 0.107 e. The molecule has 3 heteroatoms. The van der Waals surface area contributed by atoms with Gasteiger partial charge in [0.2, 0.25) is 0 Å². The van der Waals surface area contributed by atoms with Crippen LogP contribution in [0.3, 0.4) is 0 Å². The summed E-state index contributed by atoms with van der Waals surface area (Å²) in [6.07, 6.45) is 1.38. The van der Waals surface area contributed by atoms with E-state index in [-0.39, 0.29) is 5.41 Å². The van der Waals surface area contributed by atoms with E-state index in [9.17, 15) is 4.39 Å². The Balaban J connectivity index is 1.68. The third-order valence-electron chi connectivity index (χ3n) is 3.10. The van der Waals surface area contributed by atoms with E-state index in [0.717, 1.165) is 26.1 Å². The first-order valence-electron chi connectivity index (χ1n) is 4.79. The number of hydrogen-bond acceptors (Lipinski definition) is 2. The molecule has 0 bridgehead atoms. The predicted octanol–water partition coefficient (Wildman–Crippen LogP) is 0.686. The lowest BCUT2D eigenvalue weighted by atomic mass is 10.1. The van der Waals surface area contributed by atoms with Crippen LogP contribution in [0.5, 0.6) is 0 Å². The van der Waals surface area contributed by atoms with E-state index in [1.807, 2.05) is 6.92 Å². The Morgan fingerprint density at radius 3 is 2.92 bits per heavy atom. The highest BCUT2D eigenvalue weighted by Crippen LogP contribution is 2.47. The lowest BCUT2D eigenvalue weighted by Gasteiger charge is -2.14. The zero-order chi connectivity index (χ0) is 8.60. The molecule has 0 aromatic carbocycles. The normalized spacial score (nSPS) is 46.5. The van der Waals surface area contributed by atoms with Gasteiger partial charge in [-0.3, -0.25) is 0 Å². The molecule has 2 nitrogen and oxygen atoms in total. The number of nitrogens with one attached hydrogen (secondary N) is 2. The van der Waals surface area contributed by atoms with Gasteiger partial charge in [-0.25, -0.2) is 4.39 Å². The maximum atomic E-state index is 12.8. The Labute approximate surface area is 72.9 Å². The fourth-order valence-corrected chi connectivity index (χ4v) is 1.74. The summed E-state index contributed by atoms with van der Waals surface area (Å²) in [6, 6.07) is 0.578. The Hall–Kier alpha value is -0.150. The molecule has 2 unspecified atom stereocenters. The van der Waals surface area contributed by atoms with Gasteiger partial charge < -0.3 is 10.6 Å². The van der Waals surface area contributed by atoms with Crippen LogP contribution in [0.1, 0.15) is 19.8 Å². The maximum Gasteiger partial charge on any atom is 0.107 e. The summed E-state index contributed by atoms with van der Waals surface area (Å²) in [5, 5.41) is 6.70. The highest BCUT2D eigenvalue weighted by atomic mass is 19.1. The largest absolute Gasteiger partial charge is 0.315 e. The van der Waals surface area contributed by atoms with Gasteiger partial charge in [0.1, 0.15) is 6.17 Å². The first kappa shape index (κ1) is 8.45. The standard InChI is InChI=1S/C9H17FN2/c1-9(4-8(9)10)6-12-7-2-3-11-5-7/h7-8,11-12H,2-6H2,1H3/t7-,8?,9?/m0/s1. The molecule has 2 N–H and O–H groups in total. The van der Waals surface area contributed by atoms with Gasteiger partial charge in [0.25, 0.3) is 0 Å². The first-order valence-corrected chi connectivity index (χ1v) is 4.79. The molecule has 1 saturated heterocycles. The molecule has 1 aliphatic heterocycles. The lowest BCUT2D eigenvalue weighted by Crippen LogP contribution is -2.35. The number of alkyl halides is 1. The number of hydrogen-bond donors (Lipinski definition) is 2. The zero-order valence-corrected chi connectivity index (χ0v) is 7.57. The van der Waals surface area contributed by atoms with Crippen LogP contribution in [0.4, 0.5) is 4.39 Å². The second-order valence-corrected chi connectivity index (χ2v) is 4.40. The third kappa shape index (κ3) is 1.62. The average molecular weight is 172 g/mol. The molecule has 1 aliphatic carbocycles. The molecule has 3 atom stereocenters. The Bertz CT molecular complexity index is 168. The SMILES string of the molecule is CC1(CN[C@H]2CCNC2)CC1F. The van der Waals surface area contributed by atoms with Gasteiger partial charge >= 0.3 is 0 Å². The van der Waals surface area contributed by atoms with E-state index < -0.39 is 6.17 Å².